The number of hydrogen-bond donors (Lipinski definition) is 2. The topological polar surface area (TPSA) is 38.0 Å². The minimum Gasteiger partial charge on any atom is -0.397 e. The molecule has 0 radical (unpaired) electrons. The normalized spacial score (nSPS) is 11.6. The molecule has 0 aliphatic carbocycles. The second-order valence-electron chi connectivity index (χ2n) is 5.83. The Morgan fingerprint density at radius 2 is 2.00 bits per heavy atom. The Balaban J connectivity index is 2.58. The van der Waals surface area contributed by atoms with Crippen LogP contribution in [0.4, 0.5) is 15.8 Å². The van der Waals surface area contributed by atoms with Crippen molar-refractivity contribution in [3.8, 4) is 0 Å². The maximum absolute atomic E-state index is 13.5. The van der Waals surface area contributed by atoms with Gasteiger partial charge in [-0.05, 0) is 40.5 Å². The van der Waals surface area contributed by atoms with Crippen molar-refractivity contribution in [1.29, 1.82) is 0 Å². The van der Waals surface area contributed by atoms with Gasteiger partial charge in [0.2, 0.25) is 0 Å². The molecule has 0 aromatic heterocycles. The van der Waals surface area contributed by atoms with Crippen molar-refractivity contribution in [3.05, 3.63) is 21.5 Å². The van der Waals surface area contributed by atoms with E-state index in [1.807, 2.05) is 22.6 Å². The van der Waals surface area contributed by atoms with Crippen molar-refractivity contribution < 1.29 is 4.39 Å². The van der Waals surface area contributed by atoms with Crippen LogP contribution >= 0.6 is 22.6 Å². The predicted molar refractivity (Wildman–Crippen MR) is 89.9 cm³/mol. The summed E-state index contributed by atoms with van der Waals surface area (Å²) < 4.78 is 14.1. The zero-order valence-electron chi connectivity index (χ0n) is 12.0. The van der Waals surface area contributed by atoms with Crippen molar-refractivity contribution in [3.63, 3.8) is 0 Å². The van der Waals surface area contributed by atoms with Gasteiger partial charge in [0.1, 0.15) is 5.82 Å². The lowest BCUT2D eigenvalue weighted by atomic mass is 9.87. The molecule has 0 fully saturated rings. The van der Waals surface area contributed by atoms with E-state index in [-0.39, 0.29) is 11.2 Å². The van der Waals surface area contributed by atoms with E-state index in [0.717, 1.165) is 6.54 Å². The first-order valence-corrected chi connectivity index (χ1v) is 7.92. The average molecular weight is 378 g/mol. The lowest BCUT2D eigenvalue weighted by Crippen LogP contribution is -2.23. The second-order valence-corrected chi connectivity index (χ2v) is 6.99. The molecule has 0 unspecified atom stereocenters. The number of unbranched alkanes of at least 4 members (excludes halogenated alkanes) is 2. The van der Waals surface area contributed by atoms with Gasteiger partial charge in [0.25, 0.3) is 0 Å². The highest BCUT2D eigenvalue weighted by molar-refractivity contribution is 14.1. The Morgan fingerprint density at radius 3 is 2.63 bits per heavy atom. The highest BCUT2D eigenvalue weighted by atomic mass is 127. The van der Waals surface area contributed by atoms with Crippen LogP contribution in [0.5, 0.6) is 0 Å². The summed E-state index contributed by atoms with van der Waals surface area (Å²) in [5.41, 5.74) is 7.41. The zero-order chi connectivity index (χ0) is 14.5. The highest BCUT2D eigenvalue weighted by Gasteiger charge is 2.17. The van der Waals surface area contributed by atoms with Crippen LogP contribution < -0.4 is 11.1 Å². The minimum atomic E-state index is -0.221. The molecule has 3 N–H and O–H groups in total. The molecule has 0 atom stereocenters. The van der Waals surface area contributed by atoms with Crippen LogP contribution in [0, 0.1) is 14.8 Å². The molecule has 0 heterocycles. The quantitative estimate of drug-likeness (QED) is 0.397. The van der Waals surface area contributed by atoms with Gasteiger partial charge in [0.05, 0.1) is 14.9 Å². The zero-order valence-corrected chi connectivity index (χ0v) is 14.2. The van der Waals surface area contributed by atoms with Gasteiger partial charge in [-0.3, -0.25) is 0 Å². The molecule has 1 rings (SSSR count). The van der Waals surface area contributed by atoms with Gasteiger partial charge in [-0.1, -0.05) is 40.0 Å². The largest absolute Gasteiger partial charge is 0.397 e. The number of anilines is 2. The number of hydrogen-bond acceptors (Lipinski definition) is 2. The van der Waals surface area contributed by atoms with Crippen molar-refractivity contribution >= 4 is 34.0 Å². The molecule has 1 aromatic rings. The number of nitrogen functional groups attached to an aromatic ring is 1. The summed E-state index contributed by atoms with van der Waals surface area (Å²) in [4.78, 5) is 0. The van der Waals surface area contributed by atoms with E-state index in [1.165, 1.54) is 31.7 Å². The van der Waals surface area contributed by atoms with Gasteiger partial charge < -0.3 is 11.1 Å². The van der Waals surface area contributed by atoms with Gasteiger partial charge in [0, 0.05) is 12.6 Å². The third-order valence-electron chi connectivity index (χ3n) is 3.31. The summed E-state index contributed by atoms with van der Waals surface area (Å²) in [5.74, 6) is -0.221. The van der Waals surface area contributed by atoms with Crippen LogP contribution in [0.2, 0.25) is 0 Å². The molecule has 0 amide bonds. The fourth-order valence-corrected chi connectivity index (χ4v) is 2.48. The molecular formula is C15H24FIN2. The van der Waals surface area contributed by atoms with Crippen LogP contribution in [0.25, 0.3) is 0 Å². The third-order valence-corrected chi connectivity index (χ3v) is 4.13. The molecule has 108 valence electrons. The molecule has 19 heavy (non-hydrogen) atoms. The van der Waals surface area contributed by atoms with E-state index in [4.69, 9.17) is 5.73 Å². The van der Waals surface area contributed by atoms with E-state index in [0.29, 0.717) is 14.9 Å². The third kappa shape index (κ3) is 5.55. The molecule has 0 bridgehead atoms. The molecule has 4 heteroatoms. The lowest BCUT2D eigenvalue weighted by molar-refractivity contribution is 0.342. The predicted octanol–water partition coefficient (Wildman–Crippen LogP) is 5.03. The molecule has 0 aliphatic heterocycles. The summed E-state index contributed by atoms with van der Waals surface area (Å²) in [5, 5.41) is 3.28. The van der Waals surface area contributed by atoms with E-state index in [2.05, 4.69) is 26.1 Å². The van der Waals surface area contributed by atoms with Crippen LogP contribution in [0.3, 0.4) is 0 Å². The monoisotopic (exact) mass is 378 g/mol. The van der Waals surface area contributed by atoms with E-state index < -0.39 is 0 Å². The van der Waals surface area contributed by atoms with Crippen LogP contribution in [-0.2, 0) is 0 Å². The minimum absolute atomic E-state index is 0.196. The smallest absolute Gasteiger partial charge is 0.138 e. The van der Waals surface area contributed by atoms with Gasteiger partial charge in [-0.15, -0.1) is 0 Å². The van der Waals surface area contributed by atoms with E-state index in [9.17, 15) is 4.39 Å². The Hall–Kier alpha value is -0.520. The Labute approximate surface area is 129 Å². The van der Waals surface area contributed by atoms with Crippen molar-refractivity contribution in [1.82, 2.24) is 0 Å². The van der Waals surface area contributed by atoms with Crippen LogP contribution in [0.15, 0.2) is 12.1 Å². The SMILES string of the molecule is CCCCCC(C)(C)CNc1cc(F)c(I)cc1N. The Bertz CT molecular complexity index is 419. The molecule has 0 spiro atoms. The maximum Gasteiger partial charge on any atom is 0.138 e. The molecule has 0 aliphatic rings. The van der Waals surface area contributed by atoms with Crippen molar-refractivity contribution in [2.75, 3.05) is 17.6 Å². The van der Waals surface area contributed by atoms with Crippen molar-refractivity contribution in [2.45, 2.75) is 46.5 Å². The average Bonchev–Trinajstić information content (AvgIpc) is 2.32. The van der Waals surface area contributed by atoms with Gasteiger partial charge in [0.15, 0.2) is 0 Å². The second kappa shape index (κ2) is 7.31. The number of nitrogens with two attached hydrogens (primary N) is 1. The first-order valence-electron chi connectivity index (χ1n) is 6.84. The van der Waals surface area contributed by atoms with E-state index in [1.54, 1.807) is 6.07 Å². The lowest BCUT2D eigenvalue weighted by Gasteiger charge is -2.26. The number of halogens is 2. The Kier molecular flexibility index (Phi) is 6.36. The van der Waals surface area contributed by atoms with Gasteiger partial charge in [-0.2, -0.15) is 0 Å². The van der Waals surface area contributed by atoms with Gasteiger partial charge in [-0.25, -0.2) is 4.39 Å². The molecule has 2 nitrogen and oxygen atoms in total. The summed E-state index contributed by atoms with van der Waals surface area (Å²) in [6.07, 6.45) is 4.91. The van der Waals surface area contributed by atoms with Crippen LogP contribution in [-0.4, -0.2) is 6.54 Å². The summed E-state index contributed by atoms with van der Waals surface area (Å²) in [6, 6.07) is 3.15. The van der Waals surface area contributed by atoms with Crippen molar-refractivity contribution in [2.24, 2.45) is 5.41 Å². The van der Waals surface area contributed by atoms with Gasteiger partial charge >= 0.3 is 0 Å². The summed E-state index contributed by atoms with van der Waals surface area (Å²) >= 11 is 1.95. The Morgan fingerprint density at radius 1 is 1.32 bits per heavy atom. The molecule has 1 aromatic carbocycles. The van der Waals surface area contributed by atoms with E-state index >= 15 is 0 Å². The fourth-order valence-electron chi connectivity index (χ4n) is 1.99. The highest BCUT2D eigenvalue weighted by Crippen LogP contribution is 2.28. The molecule has 0 saturated carbocycles. The summed E-state index contributed by atoms with van der Waals surface area (Å²) in [6.45, 7) is 7.48. The molecule has 0 saturated heterocycles. The number of nitrogens with one attached hydrogen (secondary N) is 1. The first kappa shape index (κ1) is 16.5. The number of rotatable bonds is 7. The summed E-state index contributed by atoms with van der Waals surface area (Å²) in [7, 11) is 0. The molecular weight excluding hydrogens is 354 g/mol. The fraction of sp³-hybridized carbons (Fsp3) is 0.600. The standard InChI is InChI=1S/C15H24FIN2/c1-4-5-6-7-15(2,3)10-19-14-8-11(16)12(17)9-13(14)18/h8-9,19H,4-7,10,18H2,1-3H3. The maximum atomic E-state index is 13.5. The number of benzene rings is 1. The van der Waals surface area contributed by atoms with Crippen LogP contribution in [0.1, 0.15) is 46.5 Å². The first-order chi connectivity index (χ1) is 8.85.